The van der Waals surface area contributed by atoms with Gasteiger partial charge >= 0.3 is 0 Å². The molecule has 3 N–H and O–H groups in total. The number of nitrogens with zero attached hydrogens (tertiary/aromatic N) is 4. The lowest BCUT2D eigenvalue weighted by Gasteiger charge is -2.20. The van der Waals surface area contributed by atoms with Crippen molar-refractivity contribution in [3.8, 4) is 0 Å². The lowest BCUT2D eigenvalue weighted by molar-refractivity contribution is -0.0609. The van der Waals surface area contributed by atoms with Gasteiger partial charge in [0.2, 0.25) is 0 Å². The zero-order valence-electron chi connectivity index (χ0n) is 31.2. The Bertz CT molecular complexity index is 1350. The summed E-state index contributed by atoms with van der Waals surface area (Å²) in [5.41, 5.74) is 1.27. The van der Waals surface area contributed by atoms with E-state index in [-0.39, 0.29) is 18.3 Å². The average Bonchev–Trinajstić information content (AvgIpc) is 3.72. The number of aliphatic hydroxyl groups is 2. The van der Waals surface area contributed by atoms with Gasteiger partial charge in [-0.2, -0.15) is 0 Å². The zero-order chi connectivity index (χ0) is 35.9. The summed E-state index contributed by atoms with van der Waals surface area (Å²) in [5.74, 6) is -0.0527. The van der Waals surface area contributed by atoms with Crippen LogP contribution in [-0.4, -0.2) is 67.2 Å². The molecule has 0 bridgehead atoms. The molecular formula is C41H65N5O5. The first-order valence-electron chi connectivity index (χ1n) is 20.2. The Morgan fingerprint density at radius 3 is 1.82 bits per heavy atom. The molecule has 284 valence electrons. The number of carbonyl (C=O) groups is 1. The van der Waals surface area contributed by atoms with Crippen LogP contribution in [0, 0.1) is 0 Å². The van der Waals surface area contributed by atoms with E-state index in [0.717, 1.165) is 12.8 Å². The summed E-state index contributed by atoms with van der Waals surface area (Å²) >= 11 is 0. The van der Waals surface area contributed by atoms with Crippen LogP contribution in [0.2, 0.25) is 0 Å². The minimum atomic E-state index is -1.03. The number of rotatable bonds is 28. The highest BCUT2D eigenvalue weighted by atomic mass is 16.6. The summed E-state index contributed by atoms with van der Waals surface area (Å²) < 4.78 is 13.7. The van der Waals surface area contributed by atoms with Gasteiger partial charge < -0.3 is 25.0 Å². The van der Waals surface area contributed by atoms with E-state index in [1.807, 2.05) is 6.07 Å². The summed E-state index contributed by atoms with van der Waals surface area (Å²) in [4.78, 5) is 25.7. The smallest absolute Gasteiger partial charge is 0.256 e. The van der Waals surface area contributed by atoms with Crippen LogP contribution in [0.25, 0.3) is 11.2 Å². The van der Waals surface area contributed by atoms with E-state index in [4.69, 9.17) is 9.47 Å². The molecule has 3 heterocycles. The van der Waals surface area contributed by atoms with Crippen molar-refractivity contribution in [2.75, 3.05) is 18.5 Å². The largest absolute Gasteiger partial charge is 0.394 e. The van der Waals surface area contributed by atoms with E-state index in [1.54, 1.807) is 28.8 Å². The van der Waals surface area contributed by atoms with E-state index in [1.165, 1.54) is 141 Å². The number of hydrogen-bond acceptors (Lipinski definition) is 8. The van der Waals surface area contributed by atoms with Gasteiger partial charge in [0.1, 0.15) is 24.6 Å². The quantitative estimate of drug-likeness (QED) is 0.0637. The number of ether oxygens (including phenoxy) is 2. The van der Waals surface area contributed by atoms with Crippen molar-refractivity contribution in [2.45, 2.75) is 173 Å². The van der Waals surface area contributed by atoms with Gasteiger partial charge in [-0.25, -0.2) is 15.0 Å². The Labute approximate surface area is 306 Å². The summed E-state index contributed by atoms with van der Waals surface area (Å²) in [7, 11) is 0. The first-order valence-corrected chi connectivity index (χ1v) is 20.2. The fourth-order valence-electron chi connectivity index (χ4n) is 7.13. The molecular weight excluding hydrogens is 642 g/mol. The fraction of sp³-hybridized carbons (Fsp3) is 0.707. The van der Waals surface area contributed by atoms with E-state index in [2.05, 4.69) is 27.2 Å². The molecule has 0 radical (unpaired) electrons. The molecule has 0 aliphatic carbocycles. The van der Waals surface area contributed by atoms with Gasteiger partial charge in [-0.3, -0.25) is 9.36 Å². The van der Waals surface area contributed by atoms with Crippen LogP contribution >= 0.6 is 0 Å². The number of nitrogens with one attached hydrogen (secondary N) is 1. The van der Waals surface area contributed by atoms with E-state index >= 15 is 0 Å². The van der Waals surface area contributed by atoms with Crippen molar-refractivity contribution in [2.24, 2.45) is 0 Å². The molecule has 1 amide bonds. The van der Waals surface area contributed by atoms with Crippen LogP contribution in [0.1, 0.15) is 165 Å². The molecule has 1 fully saturated rings. The number of amides is 1. The number of aliphatic hydroxyl groups excluding tert-OH is 2. The van der Waals surface area contributed by atoms with Gasteiger partial charge in [-0.1, -0.05) is 160 Å². The lowest BCUT2D eigenvalue weighted by atomic mass is 10.0. The molecule has 4 rings (SSSR count). The predicted octanol–water partition coefficient (Wildman–Crippen LogP) is 9.32. The molecule has 0 spiro atoms. The number of benzene rings is 1. The van der Waals surface area contributed by atoms with Gasteiger partial charge in [0.05, 0.1) is 12.9 Å². The van der Waals surface area contributed by atoms with Crippen LogP contribution in [0.15, 0.2) is 43.0 Å². The first kappa shape index (κ1) is 40.8. The molecule has 1 saturated heterocycles. The zero-order valence-corrected chi connectivity index (χ0v) is 31.2. The average molecular weight is 708 g/mol. The minimum absolute atomic E-state index is 0.261. The second kappa shape index (κ2) is 24.3. The van der Waals surface area contributed by atoms with Crippen molar-refractivity contribution >= 4 is 22.9 Å². The highest BCUT2D eigenvalue weighted by Gasteiger charge is 2.45. The predicted molar refractivity (Wildman–Crippen MR) is 204 cm³/mol. The van der Waals surface area contributed by atoms with Gasteiger partial charge in [-0.05, 0) is 18.6 Å². The minimum Gasteiger partial charge on any atom is -0.394 e. The molecule has 3 aromatic rings. The van der Waals surface area contributed by atoms with E-state index in [0.29, 0.717) is 23.3 Å². The van der Waals surface area contributed by atoms with Crippen molar-refractivity contribution in [3.63, 3.8) is 0 Å². The first-order chi connectivity index (χ1) is 25.1. The third kappa shape index (κ3) is 13.9. The summed E-state index contributed by atoms with van der Waals surface area (Å²) in [6, 6.07) is 8.85. The SMILES string of the molecule is CCCCCCCCCCCCCCCCCCCCCCCCOC1[C@@H](CO)O[C@@H](n2cnc3c(NC(=O)c4ccccc4)ncnc32)[C@H]1O. The van der Waals surface area contributed by atoms with Crippen molar-refractivity contribution in [3.05, 3.63) is 48.5 Å². The van der Waals surface area contributed by atoms with Crippen LogP contribution in [0.4, 0.5) is 5.82 Å². The molecule has 1 aromatic carbocycles. The number of fused-ring (bicyclic) bond motifs is 1. The summed E-state index contributed by atoms with van der Waals surface area (Å²) in [5, 5.41) is 24.0. The van der Waals surface area contributed by atoms with E-state index in [9.17, 15) is 15.0 Å². The van der Waals surface area contributed by atoms with Gasteiger partial charge in [0, 0.05) is 12.2 Å². The molecule has 2 aromatic heterocycles. The van der Waals surface area contributed by atoms with Crippen LogP contribution in [0.3, 0.4) is 0 Å². The third-order valence-corrected chi connectivity index (χ3v) is 10.2. The maximum Gasteiger partial charge on any atom is 0.256 e. The third-order valence-electron chi connectivity index (χ3n) is 10.2. The number of unbranched alkanes of at least 4 members (excludes halogenated alkanes) is 21. The fourth-order valence-corrected chi connectivity index (χ4v) is 7.13. The molecule has 1 aliphatic heterocycles. The second-order valence-corrected chi connectivity index (χ2v) is 14.4. The normalized spacial score (nSPS) is 18.9. The number of imidazole rings is 1. The maximum absolute atomic E-state index is 12.7. The highest BCUT2D eigenvalue weighted by molar-refractivity contribution is 6.06. The molecule has 1 aliphatic rings. The van der Waals surface area contributed by atoms with Crippen molar-refractivity contribution in [1.29, 1.82) is 0 Å². The molecule has 0 saturated carbocycles. The van der Waals surface area contributed by atoms with Gasteiger partial charge in [-0.15, -0.1) is 0 Å². The standard InChI is InChI=1S/C41H65N5O5/c1-2-3-4-5-6-7-8-9-10-11-12-13-14-15-16-17-18-19-20-21-22-26-29-50-37-34(30-47)51-41(36(37)48)46-32-44-35-38(42-31-43-39(35)46)45-40(49)33-27-24-23-25-28-33/h23-25,27-28,31-32,34,36-37,41,47-48H,2-22,26,29-30H2,1H3,(H,42,43,45,49)/t34-,36+,37?,41-/m1/s1. The Morgan fingerprint density at radius 2 is 1.29 bits per heavy atom. The topological polar surface area (TPSA) is 132 Å². The van der Waals surface area contributed by atoms with Crippen LogP contribution in [0.5, 0.6) is 0 Å². The highest BCUT2D eigenvalue weighted by Crippen LogP contribution is 2.34. The second-order valence-electron chi connectivity index (χ2n) is 14.4. The number of aromatic nitrogens is 4. The Balaban J connectivity index is 1.02. The number of anilines is 1. The Hall–Kier alpha value is -2.92. The number of hydrogen-bond donors (Lipinski definition) is 3. The Morgan fingerprint density at radius 1 is 0.765 bits per heavy atom. The Kier molecular flexibility index (Phi) is 19.5. The number of carbonyl (C=O) groups excluding carboxylic acids is 1. The molecule has 10 heteroatoms. The van der Waals surface area contributed by atoms with Gasteiger partial charge in [0.15, 0.2) is 23.2 Å². The molecule has 51 heavy (non-hydrogen) atoms. The lowest BCUT2D eigenvalue weighted by Crippen LogP contribution is -2.36. The van der Waals surface area contributed by atoms with Gasteiger partial charge in [0.25, 0.3) is 5.91 Å². The molecule has 10 nitrogen and oxygen atoms in total. The van der Waals surface area contributed by atoms with Crippen LogP contribution < -0.4 is 5.32 Å². The van der Waals surface area contributed by atoms with E-state index < -0.39 is 24.5 Å². The maximum atomic E-state index is 12.7. The summed E-state index contributed by atoms with van der Waals surface area (Å²) in [6.45, 7) is 2.50. The van der Waals surface area contributed by atoms with Crippen molar-refractivity contribution < 1.29 is 24.5 Å². The van der Waals surface area contributed by atoms with Crippen LogP contribution in [-0.2, 0) is 9.47 Å². The van der Waals surface area contributed by atoms with Crippen molar-refractivity contribution in [1.82, 2.24) is 19.5 Å². The molecule has 4 atom stereocenters. The summed E-state index contributed by atoms with van der Waals surface area (Å²) in [6.07, 6.45) is 29.2. The monoisotopic (exact) mass is 707 g/mol. The molecule has 1 unspecified atom stereocenters.